The third kappa shape index (κ3) is 5.66. The number of alkyl carbamates (subject to hydrolysis) is 1. The summed E-state index contributed by atoms with van der Waals surface area (Å²) in [5, 5.41) is 21.9. The number of rotatable bonds is 8. The van der Waals surface area contributed by atoms with Crippen molar-refractivity contribution in [3.05, 3.63) is 59.7 Å². The molecule has 0 saturated heterocycles. The third-order valence-corrected chi connectivity index (χ3v) is 5.51. The number of ether oxygens (including phenoxy) is 1. The van der Waals surface area contributed by atoms with E-state index >= 15 is 0 Å². The highest BCUT2D eigenvalue weighted by Gasteiger charge is 2.43. The molecule has 1 aliphatic rings. The first-order chi connectivity index (χ1) is 15.9. The van der Waals surface area contributed by atoms with Gasteiger partial charge in [0, 0.05) is 5.92 Å². The van der Waals surface area contributed by atoms with Crippen LogP contribution in [0.1, 0.15) is 30.4 Å². The quantitative estimate of drug-likeness (QED) is 0.461. The van der Waals surface area contributed by atoms with Gasteiger partial charge in [-0.15, -0.1) is 0 Å². The first-order valence-corrected chi connectivity index (χ1v) is 10.3. The molecular weight excluding hydrogens is 457 g/mol. The van der Waals surface area contributed by atoms with Crippen LogP contribution in [0.4, 0.5) is 18.0 Å². The number of hydrogen-bond acceptors (Lipinski definition) is 5. The van der Waals surface area contributed by atoms with Crippen molar-refractivity contribution in [3.63, 3.8) is 0 Å². The van der Waals surface area contributed by atoms with Crippen molar-refractivity contribution in [3.8, 4) is 11.1 Å². The molecule has 3 rings (SSSR count). The summed E-state index contributed by atoms with van der Waals surface area (Å²) in [6.07, 6.45) is -7.55. The maximum Gasteiger partial charge on any atom is 0.409 e. The Balaban J connectivity index is 1.62. The Hall–Kier alpha value is -3.60. The van der Waals surface area contributed by atoms with Crippen LogP contribution in [0.3, 0.4) is 0 Å². The molecule has 1 aliphatic carbocycles. The minimum absolute atomic E-state index is 0.210. The van der Waals surface area contributed by atoms with E-state index in [1.54, 1.807) is 5.32 Å². The van der Waals surface area contributed by atoms with Crippen molar-refractivity contribution < 1.29 is 42.5 Å². The normalized spacial score (nSPS) is 15.4. The van der Waals surface area contributed by atoms with E-state index in [0.717, 1.165) is 29.2 Å². The molecule has 182 valence electrons. The molecule has 0 aliphatic heterocycles. The number of hydrogen-bond donors (Lipinski definition) is 4. The molecule has 0 bridgehead atoms. The summed E-state index contributed by atoms with van der Waals surface area (Å²) in [4.78, 5) is 34.9. The topological polar surface area (TPSA) is 125 Å². The average molecular weight is 480 g/mol. The molecule has 0 heterocycles. The molecule has 34 heavy (non-hydrogen) atoms. The fourth-order valence-electron chi connectivity index (χ4n) is 3.63. The van der Waals surface area contributed by atoms with Gasteiger partial charge >= 0.3 is 18.2 Å². The number of aliphatic carboxylic acids is 1. The molecule has 2 unspecified atom stereocenters. The molecule has 2 aromatic carbocycles. The highest BCUT2D eigenvalue weighted by Crippen LogP contribution is 2.44. The lowest BCUT2D eigenvalue weighted by molar-refractivity contribution is -0.162. The van der Waals surface area contributed by atoms with Gasteiger partial charge < -0.3 is 25.6 Å². The molecule has 2 aromatic rings. The lowest BCUT2D eigenvalue weighted by atomic mass is 9.98. The van der Waals surface area contributed by atoms with Crippen LogP contribution in [0.2, 0.25) is 0 Å². The maximum absolute atomic E-state index is 13.4. The van der Waals surface area contributed by atoms with Crippen molar-refractivity contribution >= 4 is 18.0 Å². The molecule has 2 amide bonds. The number of nitrogens with one attached hydrogen (secondary N) is 2. The Kier molecular flexibility index (Phi) is 7.15. The summed E-state index contributed by atoms with van der Waals surface area (Å²) < 4.78 is 45.2. The largest absolute Gasteiger partial charge is 0.479 e. The predicted octanol–water partition coefficient (Wildman–Crippen LogP) is 2.80. The van der Waals surface area contributed by atoms with Gasteiger partial charge in [0.15, 0.2) is 5.60 Å². The summed E-state index contributed by atoms with van der Waals surface area (Å²) in [6, 6.07) is 12.3. The predicted molar refractivity (Wildman–Crippen MR) is 114 cm³/mol. The fraction of sp³-hybridized carbons (Fsp3) is 0.348. The van der Waals surface area contributed by atoms with Crippen LogP contribution in [-0.4, -0.2) is 59.2 Å². The number of carbonyl (C=O) groups excluding carboxylic acids is 2. The molecule has 0 radical (unpaired) electrons. The first-order valence-electron chi connectivity index (χ1n) is 10.3. The van der Waals surface area contributed by atoms with Gasteiger partial charge in [-0.2, -0.15) is 13.2 Å². The second kappa shape index (κ2) is 9.72. The minimum Gasteiger partial charge on any atom is -0.479 e. The van der Waals surface area contributed by atoms with Gasteiger partial charge in [0.1, 0.15) is 12.6 Å². The Morgan fingerprint density at radius 3 is 2.06 bits per heavy atom. The van der Waals surface area contributed by atoms with Crippen LogP contribution in [0.15, 0.2) is 48.5 Å². The van der Waals surface area contributed by atoms with E-state index in [-0.39, 0.29) is 12.5 Å². The van der Waals surface area contributed by atoms with Crippen molar-refractivity contribution in [1.82, 2.24) is 10.6 Å². The number of carboxylic acid groups (broad SMARTS) is 1. The monoisotopic (exact) mass is 480 g/mol. The van der Waals surface area contributed by atoms with Crippen molar-refractivity contribution in [2.75, 3.05) is 13.2 Å². The van der Waals surface area contributed by atoms with Crippen molar-refractivity contribution in [2.45, 2.75) is 37.1 Å². The molecule has 0 fully saturated rings. The number of fused-ring (bicyclic) bond motifs is 3. The Morgan fingerprint density at radius 1 is 1.03 bits per heavy atom. The van der Waals surface area contributed by atoms with Crippen LogP contribution < -0.4 is 10.6 Å². The van der Waals surface area contributed by atoms with Crippen LogP contribution >= 0.6 is 0 Å². The number of halogens is 3. The summed E-state index contributed by atoms with van der Waals surface area (Å²) >= 11 is 0. The van der Waals surface area contributed by atoms with Crippen LogP contribution in [-0.2, 0) is 14.3 Å². The summed E-state index contributed by atoms with van der Waals surface area (Å²) in [6.45, 7) is -0.138. The molecule has 8 nitrogen and oxygen atoms in total. The second-order valence-electron chi connectivity index (χ2n) is 8.12. The molecule has 4 N–H and O–H groups in total. The van der Waals surface area contributed by atoms with E-state index in [4.69, 9.17) is 9.84 Å². The lowest BCUT2D eigenvalue weighted by Crippen LogP contribution is -2.51. The van der Waals surface area contributed by atoms with Crippen LogP contribution in [0, 0.1) is 0 Å². The van der Waals surface area contributed by atoms with E-state index in [1.807, 2.05) is 53.8 Å². The number of amides is 2. The number of benzene rings is 2. The standard InChI is InChI=1S/C23H23F3N2O6/c1-22(33,20(30)31)12-27-19(29)10-18(23(24,25)26)28-21(32)34-11-17-15-8-4-2-6-13(15)14-7-3-5-9-16(14)17/h2-9,17-18,33H,10-12H2,1H3,(H,27,29)(H,28,32)(H,30,31). The van der Waals surface area contributed by atoms with Crippen molar-refractivity contribution in [1.29, 1.82) is 0 Å². The van der Waals surface area contributed by atoms with E-state index in [2.05, 4.69) is 0 Å². The lowest BCUT2D eigenvalue weighted by Gasteiger charge is -2.23. The zero-order chi connectivity index (χ0) is 25.1. The highest BCUT2D eigenvalue weighted by molar-refractivity contribution is 5.81. The van der Waals surface area contributed by atoms with E-state index in [0.29, 0.717) is 0 Å². The fourth-order valence-corrected chi connectivity index (χ4v) is 3.63. The number of carbonyl (C=O) groups is 3. The Labute approximate surface area is 192 Å². The zero-order valence-electron chi connectivity index (χ0n) is 18.1. The van der Waals surface area contributed by atoms with Gasteiger partial charge in [0.05, 0.1) is 13.0 Å². The number of alkyl halides is 3. The third-order valence-electron chi connectivity index (χ3n) is 5.51. The van der Waals surface area contributed by atoms with Crippen LogP contribution in [0.5, 0.6) is 0 Å². The van der Waals surface area contributed by atoms with Gasteiger partial charge in [-0.1, -0.05) is 48.5 Å². The van der Waals surface area contributed by atoms with E-state index < -0.39 is 48.8 Å². The van der Waals surface area contributed by atoms with Crippen LogP contribution in [0.25, 0.3) is 11.1 Å². The molecule has 0 aromatic heterocycles. The van der Waals surface area contributed by atoms with Gasteiger partial charge in [-0.05, 0) is 29.2 Å². The first kappa shape index (κ1) is 25.0. The highest BCUT2D eigenvalue weighted by atomic mass is 19.4. The Bertz CT molecular complexity index is 1040. The smallest absolute Gasteiger partial charge is 0.409 e. The Morgan fingerprint density at radius 2 is 1.56 bits per heavy atom. The summed E-state index contributed by atoms with van der Waals surface area (Å²) in [7, 11) is 0. The van der Waals surface area contributed by atoms with Gasteiger partial charge in [0.25, 0.3) is 0 Å². The van der Waals surface area contributed by atoms with Gasteiger partial charge in [0.2, 0.25) is 5.91 Å². The molecule has 0 spiro atoms. The minimum atomic E-state index is -4.97. The second-order valence-corrected chi connectivity index (χ2v) is 8.12. The molecule has 0 saturated carbocycles. The zero-order valence-corrected chi connectivity index (χ0v) is 18.1. The molecule has 2 atom stereocenters. The van der Waals surface area contributed by atoms with Crippen molar-refractivity contribution in [2.24, 2.45) is 0 Å². The maximum atomic E-state index is 13.4. The summed E-state index contributed by atoms with van der Waals surface area (Å²) in [5.41, 5.74) is 1.31. The number of carboxylic acids is 1. The van der Waals surface area contributed by atoms with E-state index in [9.17, 15) is 32.7 Å². The average Bonchev–Trinajstić information content (AvgIpc) is 3.09. The summed E-state index contributed by atoms with van der Waals surface area (Å²) in [5.74, 6) is -3.22. The molecule has 11 heteroatoms. The van der Waals surface area contributed by atoms with Gasteiger partial charge in [-0.25, -0.2) is 9.59 Å². The SMILES string of the molecule is CC(O)(CNC(=O)CC(NC(=O)OCC1c2ccccc2-c2ccccc21)C(F)(F)F)C(=O)O. The number of aliphatic hydroxyl groups is 1. The van der Waals surface area contributed by atoms with E-state index in [1.165, 1.54) is 0 Å². The molecular formula is C23H23F3N2O6. The van der Waals surface area contributed by atoms with Gasteiger partial charge in [-0.3, -0.25) is 4.79 Å².